The number of nitrogens with zero attached hydrogens (tertiary/aromatic N) is 2. The molecule has 0 atom stereocenters. The normalized spacial score (nSPS) is 9.00. The predicted octanol–water partition coefficient (Wildman–Crippen LogP) is 1.39. The molecule has 0 saturated carbocycles. The zero-order valence-electron chi connectivity index (χ0n) is 6.74. The molecule has 1 rings (SSSR count). The van der Waals surface area contributed by atoms with Gasteiger partial charge in [0.05, 0.1) is 12.7 Å². The van der Waals surface area contributed by atoms with Crippen LogP contribution in [0.5, 0.6) is 0 Å². The van der Waals surface area contributed by atoms with Crippen molar-refractivity contribution in [3.8, 4) is 6.07 Å². The minimum Gasteiger partial charge on any atom is -0.465 e. The van der Waals surface area contributed by atoms with Crippen molar-refractivity contribution < 1.29 is 9.53 Å². The first-order valence-electron chi connectivity index (χ1n) is 3.33. The first-order valence-corrected chi connectivity index (χ1v) is 3.71. The molecule has 0 aromatic carbocycles. The number of rotatable bonds is 1. The number of hydrogen-bond acceptors (Lipinski definition) is 4. The van der Waals surface area contributed by atoms with Crippen molar-refractivity contribution in [1.82, 2.24) is 4.98 Å². The van der Waals surface area contributed by atoms with E-state index in [0.717, 1.165) is 0 Å². The van der Waals surface area contributed by atoms with E-state index in [1.165, 1.54) is 19.2 Å². The Labute approximate surface area is 79.7 Å². The number of esters is 1. The van der Waals surface area contributed by atoms with Crippen LogP contribution in [0, 0.1) is 11.3 Å². The number of nitriles is 1. The summed E-state index contributed by atoms with van der Waals surface area (Å²) in [5.74, 6) is -0.541. The standard InChI is InChI=1S/C8H5ClN2O2/c1-13-8(12)5-2-6(4-10)11-7(9)3-5/h2-3H,1H3. The molecule has 0 unspecified atom stereocenters. The monoisotopic (exact) mass is 196 g/mol. The molecule has 0 radical (unpaired) electrons. The van der Waals surface area contributed by atoms with Gasteiger partial charge >= 0.3 is 5.97 Å². The van der Waals surface area contributed by atoms with Crippen molar-refractivity contribution in [1.29, 1.82) is 5.26 Å². The van der Waals surface area contributed by atoms with Gasteiger partial charge in [-0.2, -0.15) is 5.26 Å². The number of hydrogen-bond donors (Lipinski definition) is 0. The van der Waals surface area contributed by atoms with E-state index in [1.54, 1.807) is 6.07 Å². The van der Waals surface area contributed by atoms with E-state index in [2.05, 4.69) is 9.72 Å². The maximum absolute atomic E-state index is 11.0. The molecule has 0 bridgehead atoms. The van der Waals surface area contributed by atoms with E-state index < -0.39 is 5.97 Å². The second-order valence-electron chi connectivity index (χ2n) is 2.17. The van der Waals surface area contributed by atoms with E-state index >= 15 is 0 Å². The third-order valence-electron chi connectivity index (χ3n) is 1.33. The van der Waals surface area contributed by atoms with E-state index in [-0.39, 0.29) is 16.4 Å². The third-order valence-corrected chi connectivity index (χ3v) is 1.52. The lowest BCUT2D eigenvalue weighted by molar-refractivity contribution is 0.0600. The summed E-state index contributed by atoms with van der Waals surface area (Å²) < 4.78 is 4.46. The highest BCUT2D eigenvalue weighted by Crippen LogP contribution is 2.11. The van der Waals surface area contributed by atoms with Crippen molar-refractivity contribution in [2.45, 2.75) is 0 Å². The van der Waals surface area contributed by atoms with Crippen LogP contribution in [0.4, 0.5) is 0 Å². The maximum Gasteiger partial charge on any atom is 0.338 e. The van der Waals surface area contributed by atoms with Crippen LogP contribution in [-0.2, 0) is 4.74 Å². The van der Waals surface area contributed by atoms with Gasteiger partial charge in [0.2, 0.25) is 0 Å². The van der Waals surface area contributed by atoms with Crippen LogP contribution < -0.4 is 0 Å². The van der Waals surface area contributed by atoms with Crippen LogP contribution in [0.15, 0.2) is 12.1 Å². The molecular formula is C8H5ClN2O2. The van der Waals surface area contributed by atoms with Crippen molar-refractivity contribution in [2.75, 3.05) is 7.11 Å². The molecule has 0 spiro atoms. The second kappa shape index (κ2) is 3.87. The molecule has 0 fully saturated rings. The molecule has 0 aliphatic heterocycles. The third kappa shape index (κ3) is 2.17. The van der Waals surface area contributed by atoms with Gasteiger partial charge in [-0.3, -0.25) is 0 Å². The van der Waals surface area contributed by atoms with Crippen molar-refractivity contribution in [3.05, 3.63) is 28.5 Å². The van der Waals surface area contributed by atoms with Gasteiger partial charge < -0.3 is 4.74 Å². The summed E-state index contributed by atoms with van der Waals surface area (Å²) in [4.78, 5) is 14.7. The summed E-state index contributed by atoms with van der Waals surface area (Å²) in [6.45, 7) is 0. The van der Waals surface area contributed by atoms with E-state index in [4.69, 9.17) is 16.9 Å². The van der Waals surface area contributed by atoms with Crippen molar-refractivity contribution >= 4 is 17.6 Å². The fourth-order valence-corrected chi connectivity index (χ4v) is 0.998. The first kappa shape index (κ1) is 9.49. The van der Waals surface area contributed by atoms with Gasteiger partial charge in [-0.15, -0.1) is 0 Å². The zero-order chi connectivity index (χ0) is 9.84. The Hall–Kier alpha value is -1.60. The summed E-state index contributed by atoms with van der Waals surface area (Å²) >= 11 is 5.56. The highest BCUT2D eigenvalue weighted by atomic mass is 35.5. The summed E-state index contributed by atoms with van der Waals surface area (Å²) in [6, 6.07) is 4.44. The van der Waals surface area contributed by atoms with Crippen LogP contribution >= 0.6 is 11.6 Å². The lowest BCUT2D eigenvalue weighted by Gasteiger charge is -1.99. The number of halogens is 1. The lowest BCUT2D eigenvalue weighted by Crippen LogP contribution is -2.02. The molecule has 1 aromatic heterocycles. The fourth-order valence-electron chi connectivity index (χ4n) is 0.790. The average molecular weight is 197 g/mol. The Morgan fingerprint density at radius 3 is 2.92 bits per heavy atom. The first-order chi connectivity index (χ1) is 6.17. The molecule has 1 heterocycles. The predicted molar refractivity (Wildman–Crippen MR) is 45.3 cm³/mol. The molecular weight excluding hydrogens is 192 g/mol. The number of aromatic nitrogens is 1. The fraction of sp³-hybridized carbons (Fsp3) is 0.125. The lowest BCUT2D eigenvalue weighted by atomic mass is 10.2. The van der Waals surface area contributed by atoms with Gasteiger partial charge in [0.1, 0.15) is 16.9 Å². The van der Waals surface area contributed by atoms with Gasteiger partial charge in [-0.05, 0) is 12.1 Å². The van der Waals surface area contributed by atoms with Crippen molar-refractivity contribution in [3.63, 3.8) is 0 Å². The number of ether oxygens (including phenoxy) is 1. The number of pyridine rings is 1. The molecule has 66 valence electrons. The highest BCUT2D eigenvalue weighted by molar-refractivity contribution is 6.29. The largest absolute Gasteiger partial charge is 0.465 e. The Morgan fingerprint density at radius 2 is 2.38 bits per heavy atom. The molecule has 13 heavy (non-hydrogen) atoms. The molecule has 0 aliphatic carbocycles. The Bertz CT molecular complexity index is 384. The smallest absolute Gasteiger partial charge is 0.338 e. The molecule has 0 aliphatic rings. The summed E-state index contributed by atoms with van der Waals surface area (Å²) in [7, 11) is 1.25. The second-order valence-corrected chi connectivity index (χ2v) is 2.55. The SMILES string of the molecule is COC(=O)c1cc(Cl)nc(C#N)c1. The van der Waals surface area contributed by atoms with Crippen LogP contribution in [0.2, 0.25) is 5.15 Å². The van der Waals surface area contributed by atoms with Crippen LogP contribution in [-0.4, -0.2) is 18.1 Å². The number of carbonyl (C=O) groups excluding carboxylic acids is 1. The highest BCUT2D eigenvalue weighted by Gasteiger charge is 2.08. The van der Waals surface area contributed by atoms with E-state index in [0.29, 0.717) is 0 Å². The Morgan fingerprint density at radius 1 is 1.69 bits per heavy atom. The molecule has 0 N–H and O–H groups in total. The minimum atomic E-state index is -0.541. The molecule has 5 heteroatoms. The van der Waals surface area contributed by atoms with E-state index in [1.807, 2.05) is 0 Å². The Kier molecular flexibility index (Phi) is 2.83. The minimum absolute atomic E-state index is 0.0906. The van der Waals surface area contributed by atoms with Crippen LogP contribution in [0.1, 0.15) is 16.1 Å². The van der Waals surface area contributed by atoms with Crippen LogP contribution in [0.25, 0.3) is 0 Å². The molecule has 0 amide bonds. The van der Waals surface area contributed by atoms with Gasteiger partial charge in [-0.1, -0.05) is 11.6 Å². The number of carbonyl (C=O) groups is 1. The van der Waals surface area contributed by atoms with Gasteiger partial charge in [-0.25, -0.2) is 9.78 Å². The van der Waals surface area contributed by atoms with Gasteiger partial charge in [0.15, 0.2) is 0 Å². The zero-order valence-corrected chi connectivity index (χ0v) is 7.50. The summed E-state index contributed by atoms with van der Waals surface area (Å²) in [6.07, 6.45) is 0. The van der Waals surface area contributed by atoms with E-state index in [9.17, 15) is 4.79 Å². The van der Waals surface area contributed by atoms with Gasteiger partial charge in [0, 0.05) is 0 Å². The maximum atomic E-state index is 11.0. The quantitative estimate of drug-likeness (QED) is 0.503. The van der Waals surface area contributed by atoms with Crippen molar-refractivity contribution in [2.24, 2.45) is 0 Å². The summed E-state index contributed by atoms with van der Waals surface area (Å²) in [5.41, 5.74) is 0.312. The summed E-state index contributed by atoms with van der Waals surface area (Å²) in [5, 5.41) is 8.61. The van der Waals surface area contributed by atoms with Gasteiger partial charge in [0.25, 0.3) is 0 Å². The van der Waals surface area contributed by atoms with Crippen LogP contribution in [0.3, 0.4) is 0 Å². The molecule has 1 aromatic rings. The molecule has 0 saturated heterocycles. The molecule has 4 nitrogen and oxygen atoms in total. The Balaban J connectivity index is 3.17. The number of methoxy groups -OCH3 is 1. The topological polar surface area (TPSA) is 63.0 Å². The average Bonchev–Trinajstić information content (AvgIpc) is 2.15.